The number of rotatable bonds is 2. The van der Waals surface area contributed by atoms with Gasteiger partial charge >= 0.3 is 6.09 Å². The summed E-state index contributed by atoms with van der Waals surface area (Å²) in [4.78, 5) is 13.3. The molecular weight excluding hydrogens is 178 g/mol. The van der Waals surface area contributed by atoms with Gasteiger partial charge in [0.05, 0.1) is 6.61 Å². The van der Waals surface area contributed by atoms with E-state index in [9.17, 15) is 4.79 Å². The minimum Gasteiger partial charge on any atom is -0.450 e. The molecule has 1 atom stereocenters. The molecule has 0 saturated heterocycles. The van der Waals surface area contributed by atoms with Crippen LogP contribution in [0, 0.1) is 0 Å². The van der Waals surface area contributed by atoms with Crippen LogP contribution in [0.3, 0.4) is 0 Å². The van der Waals surface area contributed by atoms with Crippen LogP contribution in [-0.2, 0) is 4.74 Å². The summed E-state index contributed by atoms with van der Waals surface area (Å²) in [5.74, 6) is 0. The maximum Gasteiger partial charge on any atom is 0.410 e. The molecule has 0 radical (unpaired) electrons. The highest BCUT2D eigenvalue weighted by atomic mass is 16.6. The summed E-state index contributed by atoms with van der Waals surface area (Å²) >= 11 is 0. The van der Waals surface area contributed by atoms with Gasteiger partial charge in [-0.05, 0) is 26.7 Å². The summed E-state index contributed by atoms with van der Waals surface area (Å²) in [6, 6.07) is 0.272. The normalized spacial score (nSPS) is 21.8. The summed E-state index contributed by atoms with van der Waals surface area (Å²) in [5.41, 5.74) is 1.44. The number of amides is 1. The topological polar surface area (TPSA) is 29.5 Å². The highest BCUT2D eigenvalue weighted by Crippen LogP contribution is 2.20. The van der Waals surface area contributed by atoms with E-state index in [1.54, 1.807) is 4.90 Å². The van der Waals surface area contributed by atoms with E-state index in [0.717, 1.165) is 12.8 Å². The highest BCUT2D eigenvalue weighted by molar-refractivity contribution is 5.68. The second kappa shape index (κ2) is 5.03. The molecular formula is C11H19NO2. The number of hydrogen-bond donors (Lipinski definition) is 0. The Morgan fingerprint density at radius 2 is 2.36 bits per heavy atom. The predicted octanol–water partition coefficient (Wildman–Crippen LogP) is 2.57. The fraction of sp³-hybridized carbons (Fsp3) is 0.727. The standard InChI is InChI=1S/C11H19NO2/c1-4-10-6-7-12(9(3)8-10)11(13)14-5-2/h6,9H,4-5,7-8H2,1-3H3. The van der Waals surface area contributed by atoms with Crippen molar-refractivity contribution in [2.75, 3.05) is 13.2 Å². The van der Waals surface area contributed by atoms with E-state index in [1.165, 1.54) is 5.57 Å². The van der Waals surface area contributed by atoms with Gasteiger partial charge < -0.3 is 9.64 Å². The van der Waals surface area contributed by atoms with Gasteiger partial charge in [0.1, 0.15) is 0 Å². The third-order valence-corrected chi connectivity index (χ3v) is 2.62. The molecule has 1 aliphatic heterocycles. The first-order chi connectivity index (χ1) is 6.69. The molecule has 0 aliphatic carbocycles. The van der Waals surface area contributed by atoms with E-state index >= 15 is 0 Å². The molecule has 0 aromatic carbocycles. The Bertz CT molecular complexity index is 235. The summed E-state index contributed by atoms with van der Waals surface area (Å²) < 4.78 is 4.98. The van der Waals surface area contributed by atoms with Crippen LogP contribution in [0.2, 0.25) is 0 Å². The molecule has 1 aliphatic rings. The van der Waals surface area contributed by atoms with E-state index < -0.39 is 0 Å². The maximum atomic E-state index is 11.5. The molecule has 0 bridgehead atoms. The van der Waals surface area contributed by atoms with Crippen molar-refractivity contribution >= 4 is 6.09 Å². The Labute approximate surface area is 85.7 Å². The maximum absolute atomic E-state index is 11.5. The molecule has 0 N–H and O–H groups in total. The Kier molecular flexibility index (Phi) is 3.98. The lowest BCUT2D eigenvalue weighted by Crippen LogP contribution is -2.41. The highest BCUT2D eigenvalue weighted by Gasteiger charge is 2.23. The smallest absolute Gasteiger partial charge is 0.410 e. The monoisotopic (exact) mass is 197 g/mol. The number of carbonyl (C=O) groups is 1. The van der Waals surface area contributed by atoms with Crippen molar-refractivity contribution in [2.45, 2.75) is 39.7 Å². The zero-order valence-electron chi connectivity index (χ0n) is 9.25. The van der Waals surface area contributed by atoms with Crippen molar-refractivity contribution in [2.24, 2.45) is 0 Å². The lowest BCUT2D eigenvalue weighted by atomic mass is 10.00. The van der Waals surface area contributed by atoms with Crippen LogP contribution in [-0.4, -0.2) is 30.2 Å². The van der Waals surface area contributed by atoms with Gasteiger partial charge in [0.2, 0.25) is 0 Å². The van der Waals surface area contributed by atoms with Crippen LogP contribution in [0.5, 0.6) is 0 Å². The van der Waals surface area contributed by atoms with Crippen LogP contribution in [0.25, 0.3) is 0 Å². The zero-order valence-corrected chi connectivity index (χ0v) is 9.25. The Morgan fingerprint density at radius 3 is 2.86 bits per heavy atom. The Balaban J connectivity index is 2.57. The first kappa shape index (κ1) is 11.1. The minimum atomic E-state index is -0.189. The van der Waals surface area contributed by atoms with Crippen molar-refractivity contribution in [3.63, 3.8) is 0 Å². The van der Waals surface area contributed by atoms with E-state index in [0.29, 0.717) is 13.2 Å². The average molecular weight is 197 g/mol. The van der Waals surface area contributed by atoms with E-state index in [2.05, 4.69) is 19.9 Å². The third kappa shape index (κ3) is 2.50. The molecule has 1 heterocycles. The molecule has 1 amide bonds. The Morgan fingerprint density at radius 1 is 1.64 bits per heavy atom. The van der Waals surface area contributed by atoms with Gasteiger partial charge in [-0.2, -0.15) is 0 Å². The minimum absolute atomic E-state index is 0.189. The van der Waals surface area contributed by atoms with Crippen LogP contribution in [0.1, 0.15) is 33.6 Å². The first-order valence-corrected chi connectivity index (χ1v) is 5.30. The van der Waals surface area contributed by atoms with E-state index in [4.69, 9.17) is 4.74 Å². The second-order valence-corrected chi connectivity index (χ2v) is 3.62. The molecule has 0 spiro atoms. The largest absolute Gasteiger partial charge is 0.450 e. The van der Waals surface area contributed by atoms with Gasteiger partial charge in [0.15, 0.2) is 0 Å². The van der Waals surface area contributed by atoms with Gasteiger partial charge in [-0.15, -0.1) is 0 Å². The second-order valence-electron chi connectivity index (χ2n) is 3.62. The fourth-order valence-electron chi connectivity index (χ4n) is 1.73. The predicted molar refractivity (Wildman–Crippen MR) is 56.2 cm³/mol. The van der Waals surface area contributed by atoms with Crippen molar-refractivity contribution in [1.29, 1.82) is 0 Å². The third-order valence-electron chi connectivity index (χ3n) is 2.62. The quantitative estimate of drug-likeness (QED) is 0.637. The summed E-state index contributed by atoms with van der Waals surface area (Å²) in [6.07, 6.45) is 4.01. The molecule has 1 rings (SSSR count). The average Bonchev–Trinajstić information content (AvgIpc) is 2.17. The lowest BCUT2D eigenvalue weighted by Gasteiger charge is -2.31. The molecule has 0 fully saturated rings. The van der Waals surface area contributed by atoms with Crippen molar-refractivity contribution in [1.82, 2.24) is 4.90 Å². The number of hydrogen-bond acceptors (Lipinski definition) is 2. The number of nitrogens with zero attached hydrogens (tertiary/aromatic N) is 1. The number of ether oxygens (including phenoxy) is 1. The van der Waals surface area contributed by atoms with Crippen LogP contribution >= 0.6 is 0 Å². The van der Waals surface area contributed by atoms with Gasteiger partial charge in [-0.1, -0.05) is 18.6 Å². The van der Waals surface area contributed by atoms with Gasteiger partial charge in [0, 0.05) is 12.6 Å². The number of carbonyl (C=O) groups excluding carboxylic acids is 1. The molecule has 14 heavy (non-hydrogen) atoms. The molecule has 1 unspecified atom stereocenters. The molecule has 0 aromatic rings. The van der Waals surface area contributed by atoms with Crippen molar-refractivity contribution < 1.29 is 9.53 Å². The van der Waals surface area contributed by atoms with Gasteiger partial charge in [0.25, 0.3) is 0 Å². The summed E-state index contributed by atoms with van der Waals surface area (Å²) in [5, 5.41) is 0. The van der Waals surface area contributed by atoms with Crippen LogP contribution < -0.4 is 0 Å². The van der Waals surface area contributed by atoms with Crippen molar-refractivity contribution in [3.05, 3.63) is 11.6 Å². The van der Waals surface area contributed by atoms with E-state index in [1.807, 2.05) is 6.92 Å². The molecule has 3 heteroatoms. The molecule has 80 valence electrons. The van der Waals surface area contributed by atoms with Gasteiger partial charge in [-0.3, -0.25) is 0 Å². The van der Waals surface area contributed by atoms with Crippen molar-refractivity contribution in [3.8, 4) is 0 Å². The lowest BCUT2D eigenvalue weighted by molar-refractivity contribution is 0.0956. The van der Waals surface area contributed by atoms with Gasteiger partial charge in [-0.25, -0.2) is 4.79 Å². The Hall–Kier alpha value is -0.990. The van der Waals surface area contributed by atoms with Crippen LogP contribution in [0.15, 0.2) is 11.6 Å². The molecule has 0 saturated carbocycles. The summed E-state index contributed by atoms with van der Waals surface area (Å²) in [6.45, 7) is 7.20. The molecule has 0 aromatic heterocycles. The summed E-state index contributed by atoms with van der Waals surface area (Å²) in [7, 11) is 0. The molecule has 3 nitrogen and oxygen atoms in total. The fourth-order valence-corrected chi connectivity index (χ4v) is 1.73. The SMILES string of the molecule is CCOC(=O)N1CC=C(CC)CC1C. The van der Waals surface area contributed by atoms with E-state index in [-0.39, 0.29) is 12.1 Å². The van der Waals surface area contributed by atoms with Crippen LogP contribution in [0.4, 0.5) is 4.79 Å². The first-order valence-electron chi connectivity index (χ1n) is 5.30. The zero-order chi connectivity index (χ0) is 10.6.